The van der Waals surface area contributed by atoms with Crippen molar-refractivity contribution in [2.45, 2.75) is 36.5 Å². The van der Waals surface area contributed by atoms with Crippen molar-refractivity contribution in [1.82, 2.24) is 19.5 Å². The van der Waals surface area contributed by atoms with Crippen LogP contribution in [-0.4, -0.2) is 44.4 Å². The van der Waals surface area contributed by atoms with Gasteiger partial charge in [0.2, 0.25) is 5.95 Å². The van der Waals surface area contributed by atoms with Crippen LogP contribution in [0.25, 0.3) is 11.2 Å². The van der Waals surface area contributed by atoms with E-state index in [4.69, 9.17) is 15.2 Å². The van der Waals surface area contributed by atoms with E-state index in [-0.39, 0.29) is 18.1 Å². The van der Waals surface area contributed by atoms with Crippen molar-refractivity contribution < 1.29 is 14.6 Å². The van der Waals surface area contributed by atoms with Gasteiger partial charge >= 0.3 is 0 Å². The molecular formula is C31H31N5O4. The van der Waals surface area contributed by atoms with Crippen LogP contribution in [0.15, 0.2) is 96.1 Å². The molecule has 2 heterocycles. The molecule has 3 aromatic carbocycles. The van der Waals surface area contributed by atoms with Crippen molar-refractivity contribution in [3.63, 3.8) is 0 Å². The highest BCUT2D eigenvalue weighted by Crippen LogP contribution is 2.45. The van der Waals surface area contributed by atoms with Crippen LogP contribution in [0.2, 0.25) is 0 Å². The summed E-state index contributed by atoms with van der Waals surface area (Å²) in [4.78, 5) is 23.9. The lowest BCUT2D eigenvalue weighted by atomic mass is 9.79. The number of aromatic nitrogens is 4. The molecule has 0 saturated heterocycles. The molecule has 40 heavy (non-hydrogen) atoms. The second kappa shape index (κ2) is 10.3. The first kappa shape index (κ1) is 25.8. The van der Waals surface area contributed by atoms with Crippen LogP contribution in [0, 0.1) is 0 Å². The van der Waals surface area contributed by atoms with Gasteiger partial charge in [-0.2, -0.15) is 4.98 Å². The first-order valence-electron chi connectivity index (χ1n) is 13.3. The number of anilines is 1. The summed E-state index contributed by atoms with van der Waals surface area (Å²) in [5, 5.41) is 10.8. The molecule has 1 saturated carbocycles. The van der Waals surface area contributed by atoms with Crippen LogP contribution < -0.4 is 16.0 Å². The number of methoxy groups -OCH3 is 1. The van der Waals surface area contributed by atoms with Crippen LogP contribution in [-0.2, 0) is 15.9 Å². The van der Waals surface area contributed by atoms with Crippen LogP contribution in [0.3, 0.4) is 0 Å². The SMILES string of the molecule is COc1ccc(C(OC[C@@]2(n3cnc4c(=O)[nH]c(N)nc43)CC[C@H](O)C2)(c2ccccc2)c2ccccc2)cc1. The largest absolute Gasteiger partial charge is 0.497 e. The summed E-state index contributed by atoms with van der Waals surface area (Å²) in [6.07, 6.45) is 2.66. The van der Waals surface area contributed by atoms with Crippen molar-refractivity contribution in [2.24, 2.45) is 0 Å². The van der Waals surface area contributed by atoms with E-state index < -0.39 is 22.8 Å². The Balaban J connectivity index is 1.53. The predicted molar refractivity (Wildman–Crippen MR) is 152 cm³/mol. The topological polar surface area (TPSA) is 128 Å². The maximum Gasteiger partial charge on any atom is 0.280 e. The van der Waals surface area contributed by atoms with Crippen molar-refractivity contribution in [3.05, 3.63) is 118 Å². The molecule has 9 heteroatoms. The lowest BCUT2D eigenvalue weighted by molar-refractivity contribution is -0.0372. The number of imidazole rings is 1. The summed E-state index contributed by atoms with van der Waals surface area (Å²) in [6, 6.07) is 28.1. The van der Waals surface area contributed by atoms with Gasteiger partial charge in [-0.15, -0.1) is 0 Å². The number of ether oxygens (including phenoxy) is 2. The van der Waals surface area contributed by atoms with E-state index in [2.05, 4.69) is 39.2 Å². The van der Waals surface area contributed by atoms with Gasteiger partial charge in [0.25, 0.3) is 5.56 Å². The molecule has 0 aliphatic heterocycles. The molecule has 5 aromatic rings. The van der Waals surface area contributed by atoms with E-state index in [1.54, 1.807) is 13.4 Å². The quantitative estimate of drug-likeness (QED) is 0.256. The lowest BCUT2D eigenvalue weighted by Crippen LogP contribution is -2.42. The Hall–Kier alpha value is -4.47. The number of hydrogen-bond acceptors (Lipinski definition) is 7. The highest BCUT2D eigenvalue weighted by molar-refractivity contribution is 5.71. The van der Waals surface area contributed by atoms with Crippen molar-refractivity contribution in [3.8, 4) is 5.75 Å². The fraction of sp³-hybridized carbons (Fsp3) is 0.258. The molecule has 0 bridgehead atoms. The molecule has 6 rings (SSSR count). The third-order valence-electron chi connectivity index (χ3n) is 7.91. The maximum absolute atomic E-state index is 12.6. The highest BCUT2D eigenvalue weighted by atomic mass is 16.5. The van der Waals surface area contributed by atoms with Gasteiger partial charge in [0.05, 0.1) is 31.7 Å². The van der Waals surface area contributed by atoms with Crippen LogP contribution in [0.4, 0.5) is 5.95 Å². The standard InChI is InChI=1S/C31H31N5O4/c1-39-25-14-12-23(13-15-25)31(21-8-4-2-5-9-21,22-10-6-3-7-11-22)40-19-30(17-16-24(37)18-30)36-20-33-26-27(36)34-29(32)35-28(26)38/h2-15,20,24,37H,16-19H2,1H3,(H3,32,34,35,38)/t24-,30+/m0/s1. The molecule has 4 N–H and O–H groups in total. The molecule has 2 atom stereocenters. The number of nitrogen functional groups attached to an aromatic ring is 1. The number of aliphatic hydroxyl groups is 1. The Morgan fingerprint density at radius 3 is 2.23 bits per heavy atom. The molecule has 1 aliphatic carbocycles. The second-order valence-corrected chi connectivity index (χ2v) is 10.3. The number of nitrogens with one attached hydrogen (secondary N) is 1. The van der Waals surface area contributed by atoms with Gasteiger partial charge in [0.15, 0.2) is 11.2 Å². The smallest absolute Gasteiger partial charge is 0.280 e. The van der Waals surface area contributed by atoms with E-state index in [9.17, 15) is 9.90 Å². The normalized spacial score (nSPS) is 19.2. The molecule has 0 radical (unpaired) electrons. The van der Waals surface area contributed by atoms with Gasteiger partial charge in [0, 0.05) is 0 Å². The van der Waals surface area contributed by atoms with Gasteiger partial charge < -0.3 is 24.9 Å². The van der Waals surface area contributed by atoms with Gasteiger partial charge in [-0.25, -0.2) is 4.98 Å². The first-order valence-corrected chi connectivity index (χ1v) is 13.3. The molecule has 0 unspecified atom stereocenters. The number of H-pyrrole nitrogens is 1. The summed E-state index contributed by atoms with van der Waals surface area (Å²) in [7, 11) is 1.64. The average Bonchev–Trinajstić information content (AvgIpc) is 3.59. The zero-order valence-corrected chi connectivity index (χ0v) is 22.2. The van der Waals surface area contributed by atoms with Crippen molar-refractivity contribution >= 4 is 17.1 Å². The van der Waals surface area contributed by atoms with Crippen LogP contribution in [0.1, 0.15) is 36.0 Å². The number of aromatic amines is 1. The number of nitrogens with zero attached hydrogens (tertiary/aromatic N) is 3. The van der Waals surface area contributed by atoms with E-state index in [0.717, 1.165) is 22.4 Å². The van der Waals surface area contributed by atoms with Crippen molar-refractivity contribution in [2.75, 3.05) is 19.5 Å². The summed E-state index contributed by atoms with van der Waals surface area (Å²) in [6.45, 7) is 0.208. The Bertz CT molecular complexity index is 1630. The van der Waals surface area contributed by atoms with E-state index in [1.165, 1.54) is 0 Å². The van der Waals surface area contributed by atoms with Gasteiger partial charge in [0.1, 0.15) is 11.4 Å². The zero-order valence-electron chi connectivity index (χ0n) is 22.2. The van der Waals surface area contributed by atoms with Crippen molar-refractivity contribution in [1.29, 1.82) is 0 Å². The van der Waals surface area contributed by atoms with E-state index >= 15 is 0 Å². The van der Waals surface area contributed by atoms with Gasteiger partial charge in [-0.05, 0) is 48.1 Å². The summed E-state index contributed by atoms with van der Waals surface area (Å²) in [5.41, 5.74) is 7.20. The fourth-order valence-electron chi connectivity index (χ4n) is 5.94. The highest BCUT2D eigenvalue weighted by Gasteiger charge is 2.46. The fourth-order valence-corrected chi connectivity index (χ4v) is 5.94. The van der Waals surface area contributed by atoms with E-state index in [0.29, 0.717) is 24.9 Å². The zero-order chi connectivity index (χ0) is 27.7. The lowest BCUT2D eigenvalue weighted by Gasteiger charge is -2.40. The van der Waals surface area contributed by atoms with Crippen LogP contribution in [0.5, 0.6) is 5.75 Å². The summed E-state index contributed by atoms with van der Waals surface area (Å²) >= 11 is 0. The molecule has 0 amide bonds. The predicted octanol–water partition coefficient (Wildman–Crippen LogP) is 3.96. The van der Waals surface area contributed by atoms with Gasteiger partial charge in [-0.1, -0.05) is 72.8 Å². The molecule has 9 nitrogen and oxygen atoms in total. The Morgan fingerprint density at radius 1 is 1.02 bits per heavy atom. The number of fused-ring (bicyclic) bond motifs is 1. The molecule has 1 fully saturated rings. The monoisotopic (exact) mass is 537 g/mol. The minimum Gasteiger partial charge on any atom is -0.497 e. The molecule has 2 aromatic heterocycles. The van der Waals surface area contributed by atoms with E-state index in [1.807, 2.05) is 65.2 Å². The average molecular weight is 538 g/mol. The molecule has 0 spiro atoms. The number of hydrogen-bond donors (Lipinski definition) is 3. The second-order valence-electron chi connectivity index (χ2n) is 10.3. The Labute approximate surface area is 231 Å². The molecular weight excluding hydrogens is 506 g/mol. The third kappa shape index (κ3) is 4.33. The molecule has 204 valence electrons. The van der Waals surface area contributed by atoms with Gasteiger partial charge in [-0.3, -0.25) is 9.78 Å². The molecule has 1 aliphatic rings. The minimum absolute atomic E-state index is 0.00927. The minimum atomic E-state index is -0.990. The first-order chi connectivity index (χ1) is 19.4. The summed E-state index contributed by atoms with van der Waals surface area (Å²) < 4.78 is 14.5. The van der Waals surface area contributed by atoms with Crippen LogP contribution >= 0.6 is 0 Å². The maximum atomic E-state index is 12.6. The number of rotatable bonds is 8. The number of nitrogens with two attached hydrogens (primary N) is 1. The summed E-state index contributed by atoms with van der Waals surface area (Å²) in [5.74, 6) is 0.753. The Morgan fingerprint density at radius 2 is 1.65 bits per heavy atom. The number of benzene rings is 3. The number of aliphatic hydroxyl groups excluding tert-OH is 1. The Kier molecular flexibility index (Phi) is 6.61. The third-order valence-corrected chi connectivity index (χ3v) is 7.91.